The number of aryl methyl sites for hydroxylation is 1. The first-order chi connectivity index (χ1) is 12.2. The summed E-state index contributed by atoms with van der Waals surface area (Å²) >= 11 is 3.23. The van der Waals surface area contributed by atoms with E-state index in [1.54, 1.807) is 23.1 Å². The quantitative estimate of drug-likeness (QED) is 0.581. The van der Waals surface area contributed by atoms with Gasteiger partial charge in [0.15, 0.2) is 0 Å². The van der Waals surface area contributed by atoms with E-state index in [2.05, 4.69) is 35.9 Å². The Bertz CT molecular complexity index is 888. The van der Waals surface area contributed by atoms with E-state index < -0.39 is 0 Å². The number of amides is 1. The maximum atomic E-state index is 12.8. The lowest BCUT2D eigenvalue weighted by Gasteiger charge is -2.21. The molecule has 0 spiro atoms. The average molecular weight is 369 g/mol. The topological polar surface area (TPSA) is 33.2 Å². The SMILES string of the molecule is Cc1cc(SCC(=O)N(Cc2ccsc2)C2CC2)nc2ccccc12. The van der Waals surface area contributed by atoms with Gasteiger partial charge in [-0.25, -0.2) is 4.98 Å². The maximum Gasteiger partial charge on any atom is 0.233 e. The number of hydrogen-bond acceptors (Lipinski definition) is 4. The molecule has 0 N–H and O–H groups in total. The van der Waals surface area contributed by atoms with Crippen LogP contribution in [0.3, 0.4) is 0 Å². The smallest absolute Gasteiger partial charge is 0.233 e. The van der Waals surface area contributed by atoms with Crippen LogP contribution in [-0.2, 0) is 11.3 Å². The summed E-state index contributed by atoms with van der Waals surface area (Å²) in [7, 11) is 0. The zero-order valence-electron chi connectivity index (χ0n) is 14.1. The highest BCUT2D eigenvalue weighted by atomic mass is 32.2. The lowest BCUT2D eigenvalue weighted by molar-refractivity contribution is -0.129. The largest absolute Gasteiger partial charge is 0.335 e. The highest BCUT2D eigenvalue weighted by Gasteiger charge is 2.32. The molecule has 1 aromatic carbocycles. The van der Waals surface area contributed by atoms with Crippen molar-refractivity contribution in [2.24, 2.45) is 0 Å². The second-order valence-electron chi connectivity index (χ2n) is 6.47. The Morgan fingerprint density at radius 1 is 1.32 bits per heavy atom. The van der Waals surface area contributed by atoms with E-state index in [0.29, 0.717) is 11.8 Å². The summed E-state index contributed by atoms with van der Waals surface area (Å²) in [6, 6.07) is 12.8. The molecule has 0 bridgehead atoms. The molecule has 0 saturated heterocycles. The maximum absolute atomic E-state index is 12.8. The molecule has 1 saturated carbocycles. The first-order valence-electron chi connectivity index (χ1n) is 8.50. The molecule has 2 heterocycles. The van der Waals surface area contributed by atoms with Crippen LogP contribution < -0.4 is 0 Å². The van der Waals surface area contributed by atoms with Gasteiger partial charge in [-0.1, -0.05) is 30.0 Å². The van der Waals surface area contributed by atoms with Crippen molar-refractivity contribution in [2.45, 2.75) is 37.4 Å². The van der Waals surface area contributed by atoms with Crippen LogP contribution in [0.4, 0.5) is 0 Å². The normalized spacial score (nSPS) is 14.0. The monoisotopic (exact) mass is 368 g/mol. The van der Waals surface area contributed by atoms with Crippen molar-refractivity contribution in [3.8, 4) is 0 Å². The summed E-state index contributed by atoms with van der Waals surface area (Å²) in [5, 5.41) is 6.30. The molecule has 4 rings (SSSR count). The van der Waals surface area contributed by atoms with Gasteiger partial charge in [0.2, 0.25) is 5.91 Å². The van der Waals surface area contributed by atoms with Crippen molar-refractivity contribution in [3.63, 3.8) is 0 Å². The number of thioether (sulfide) groups is 1. The lowest BCUT2D eigenvalue weighted by atomic mass is 10.1. The number of carbonyl (C=O) groups is 1. The summed E-state index contributed by atoms with van der Waals surface area (Å²) in [4.78, 5) is 19.5. The summed E-state index contributed by atoms with van der Waals surface area (Å²) in [6.45, 7) is 2.83. The van der Waals surface area contributed by atoms with E-state index in [9.17, 15) is 4.79 Å². The second kappa shape index (κ2) is 7.18. The van der Waals surface area contributed by atoms with Gasteiger partial charge < -0.3 is 4.90 Å². The fraction of sp³-hybridized carbons (Fsp3) is 0.300. The molecule has 1 aliphatic rings. The highest BCUT2D eigenvalue weighted by molar-refractivity contribution is 7.99. The van der Waals surface area contributed by atoms with E-state index in [1.165, 1.54) is 16.5 Å². The molecule has 3 aromatic rings. The highest BCUT2D eigenvalue weighted by Crippen LogP contribution is 2.30. The molecular formula is C20H20N2OS2. The van der Waals surface area contributed by atoms with Gasteiger partial charge >= 0.3 is 0 Å². The molecule has 3 nitrogen and oxygen atoms in total. The number of rotatable bonds is 6. The minimum Gasteiger partial charge on any atom is -0.335 e. The molecule has 128 valence electrons. The number of pyridine rings is 1. The third kappa shape index (κ3) is 3.88. The minimum atomic E-state index is 0.214. The molecule has 25 heavy (non-hydrogen) atoms. The van der Waals surface area contributed by atoms with E-state index in [-0.39, 0.29) is 5.91 Å². The second-order valence-corrected chi connectivity index (χ2v) is 8.24. The zero-order chi connectivity index (χ0) is 17.2. The number of benzene rings is 1. The predicted molar refractivity (Wildman–Crippen MR) is 105 cm³/mol. The fourth-order valence-corrected chi connectivity index (χ4v) is 4.52. The minimum absolute atomic E-state index is 0.214. The Hall–Kier alpha value is -1.85. The zero-order valence-corrected chi connectivity index (χ0v) is 15.8. The van der Waals surface area contributed by atoms with Crippen LogP contribution in [0.2, 0.25) is 0 Å². The van der Waals surface area contributed by atoms with Crippen molar-refractivity contribution in [2.75, 3.05) is 5.75 Å². The number of nitrogens with zero attached hydrogens (tertiary/aromatic N) is 2. The Kier molecular flexibility index (Phi) is 4.77. The van der Waals surface area contributed by atoms with Gasteiger partial charge in [0.1, 0.15) is 0 Å². The molecule has 1 aliphatic carbocycles. The average Bonchev–Trinajstić information content (AvgIpc) is 3.33. The number of para-hydroxylation sites is 1. The Morgan fingerprint density at radius 3 is 2.92 bits per heavy atom. The van der Waals surface area contributed by atoms with Crippen molar-refractivity contribution >= 4 is 39.9 Å². The first kappa shape index (κ1) is 16.6. The van der Waals surface area contributed by atoms with Gasteiger partial charge in [0.25, 0.3) is 0 Å². The molecule has 0 radical (unpaired) electrons. The van der Waals surface area contributed by atoms with Crippen LogP contribution in [0.25, 0.3) is 10.9 Å². The van der Waals surface area contributed by atoms with Crippen LogP contribution in [0.5, 0.6) is 0 Å². The molecule has 0 aliphatic heterocycles. The first-order valence-corrected chi connectivity index (χ1v) is 10.4. The van der Waals surface area contributed by atoms with Crippen LogP contribution >= 0.6 is 23.1 Å². The third-order valence-corrected chi connectivity index (χ3v) is 6.11. The number of thiophene rings is 1. The Morgan fingerprint density at radius 2 is 2.16 bits per heavy atom. The summed E-state index contributed by atoms with van der Waals surface area (Å²) in [6.07, 6.45) is 2.27. The molecule has 0 atom stereocenters. The van der Waals surface area contributed by atoms with Gasteiger partial charge in [-0.15, -0.1) is 0 Å². The number of carbonyl (C=O) groups excluding carboxylic acids is 1. The summed E-state index contributed by atoms with van der Waals surface area (Å²) < 4.78 is 0. The van der Waals surface area contributed by atoms with E-state index in [1.807, 2.05) is 23.1 Å². The number of aromatic nitrogens is 1. The van der Waals surface area contributed by atoms with Gasteiger partial charge in [-0.05, 0) is 59.9 Å². The van der Waals surface area contributed by atoms with Crippen molar-refractivity contribution in [1.29, 1.82) is 0 Å². The molecule has 5 heteroatoms. The van der Waals surface area contributed by atoms with E-state index >= 15 is 0 Å². The Balaban J connectivity index is 1.45. The molecular weight excluding hydrogens is 348 g/mol. The molecule has 0 unspecified atom stereocenters. The fourth-order valence-electron chi connectivity index (χ4n) is 3.00. The van der Waals surface area contributed by atoms with Gasteiger partial charge in [-0.3, -0.25) is 4.79 Å². The third-order valence-electron chi connectivity index (χ3n) is 4.48. The van der Waals surface area contributed by atoms with Crippen molar-refractivity contribution in [1.82, 2.24) is 9.88 Å². The van der Waals surface area contributed by atoms with Gasteiger partial charge in [0, 0.05) is 18.0 Å². The molecule has 1 fully saturated rings. The van der Waals surface area contributed by atoms with E-state index in [0.717, 1.165) is 29.9 Å². The Labute approximate surface area is 156 Å². The molecule has 2 aromatic heterocycles. The number of hydrogen-bond donors (Lipinski definition) is 0. The van der Waals surface area contributed by atoms with Crippen LogP contribution in [0.15, 0.2) is 52.2 Å². The predicted octanol–water partition coefficient (Wildman–Crippen LogP) is 4.89. The van der Waals surface area contributed by atoms with E-state index in [4.69, 9.17) is 4.98 Å². The standard InChI is InChI=1S/C20H20N2OS2/c1-14-10-19(21-18-5-3-2-4-17(14)18)25-13-20(23)22(16-6-7-16)11-15-8-9-24-12-15/h2-5,8-10,12,16H,6-7,11,13H2,1H3. The lowest BCUT2D eigenvalue weighted by Crippen LogP contribution is -2.33. The summed E-state index contributed by atoms with van der Waals surface area (Å²) in [5.74, 6) is 0.664. The van der Waals surface area contributed by atoms with Crippen molar-refractivity contribution in [3.05, 3.63) is 58.3 Å². The molecule has 1 amide bonds. The summed E-state index contributed by atoms with van der Waals surface area (Å²) in [5.41, 5.74) is 3.43. The van der Waals surface area contributed by atoms with Gasteiger partial charge in [-0.2, -0.15) is 11.3 Å². The van der Waals surface area contributed by atoms with Crippen LogP contribution in [0, 0.1) is 6.92 Å². The number of fused-ring (bicyclic) bond motifs is 1. The van der Waals surface area contributed by atoms with Crippen LogP contribution in [0.1, 0.15) is 24.0 Å². The van der Waals surface area contributed by atoms with Crippen LogP contribution in [-0.4, -0.2) is 27.6 Å². The van der Waals surface area contributed by atoms with Crippen molar-refractivity contribution < 1.29 is 4.79 Å². The van der Waals surface area contributed by atoms with Gasteiger partial charge in [0.05, 0.1) is 16.3 Å².